The molecule has 0 radical (unpaired) electrons. The highest BCUT2D eigenvalue weighted by Gasteiger charge is 2.34. The van der Waals surface area contributed by atoms with Gasteiger partial charge in [-0.1, -0.05) is 40.6 Å². The number of hydrogen-bond donors (Lipinski definition) is 0. The highest BCUT2D eigenvalue weighted by molar-refractivity contribution is 7.07. The van der Waals surface area contributed by atoms with Crippen LogP contribution in [-0.4, -0.2) is 31.4 Å². The molecule has 2 aromatic carbocycles. The summed E-state index contributed by atoms with van der Waals surface area (Å²) < 4.78 is 24.1. The van der Waals surface area contributed by atoms with Gasteiger partial charge in [0.2, 0.25) is 0 Å². The van der Waals surface area contributed by atoms with Crippen LogP contribution in [-0.2, 0) is 9.53 Å². The predicted molar refractivity (Wildman–Crippen MR) is 154 cm³/mol. The molecule has 0 amide bonds. The van der Waals surface area contributed by atoms with Gasteiger partial charge in [-0.05, 0) is 61.9 Å². The van der Waals surface area contributed by atoms with E-state index in [-0.39, 0.29) is 17.7 Å². The first-order chi connectivity index (χ1) is 19.2. The number of thiazole rings is 1. The van der Waals surface area contributed by atoms with Crippen molar-refractivity contribution >= 4 is 46.6 Å². The number of carbonyl (C=O) groups excluding carboxylic acids is 1. The summed E-state index contributed by atoms with van der Waals surface area (Å²) in [6.45, 7) is 3.63. The quantitative estimate of drug-likeness (QED) is 0.265. The number of halogens is 2. The number of esters is 1. The molecule has 40 heavy (non-hydrogen) atoms. The van der Waals surface area contributed by atoms with Crippen LogP contribution >= 0.6 is 34.5 Å². The van der Waals surface area contributed by atoms with Crippen molar-refractivity contribution in [1.29, 1.82) is 0 Å². The lowest BCUT2D eigenvalue weighted by Crippen LogP contribution is -2.39. The van der Waals surface area contributed by atoms with E-state index in [1.54, 1.807) is 68.5 Å². The minimum absolute atomic E-state index is 0.179. The van der Waals surface area contributed by atoms with Crippen LogP contribution in [0.25, 0.3) is 17.4 Å². The molecular weight excluding hydrogens is 575 g/mol. The summed E-state index contributed by atoms with van der Waals surface area (Å²) in [5.74, 6) is 1.48. The van der Waals surface area contributed by atoms with Crippen LogP contribution in [0.3, 0.4) is 0 Å². The largest absolute Gasteiger partial charge is 0.493 e. The average Bonchev–Trinajstić information content (AvgIpc) is 3.53. The Bertz CT molecular complexity index is 1840. The van der Waals surface area contributed by atoms with E-state index in [0.29, 0.717) is 53.7 Å². The molecule has 1 atom stereocenters. The van der Waals surface area contributed by atoms with Gasteiger partial charge in [0.05, 0.1) is 52.7 Å². The second kappa shape index (κ2) is 11.4. The molecule has 0 saturated heterocycles. The first-order valence-corrected chi connectivity index (χ1v) is 13.8. The molecule has 0 spiro atoms. The van der Waals surface area contributed by atoms with Gasteiger partial charge in [0.15, 0.2) is 16.3 Å². The third-order valence-corrected chi connectivity index (χ3v) is 8.07. The SMILES string of the molecule is CCOC(=O)C1=C(C)N=c2s/c(=C/c3ccc(-c4ccc(Cl)c(Cl)c4)o3)c(=O)n2C1c1ccc(OC)c(OC)c1. The Balaban J connectivity index is 1.65. The van der Waals surface area contributed by atoms with Gasteiger partial charge in [-0.25, -0.2) is 9.79 Å². The molecule has 4 aromatic rings. The molecule has 0 saturated carbocycles. The first kappa shape index (κ1) is 27.8. The van der Waals surface area contributed by atoms with Gasteiger partial charge in [-0.3, -0.25) is 9.36 Å². The van der Waals surface area contributed by atoms with Crippen LogP contribution in [0.2, 0.25) is 10.0 Å². The average molecular weight is 599 g/mol. The minimum Gasteiger partial charge on any atom is -0.493 e. The van der Waals surface area contributed by atoms with Crippen molar-refractivity contribution in [2.24, 2.45) is 4.99 Å². The molecule has 1 unspecified atom stereocenters. The van der Waals surface area contributed by atoms with Gasteiger partial charge in [0, 0.05) is 11.6 Å². The van der Waals surface area contributed by atoms with E-state index in [1.807, 2.05) is 0 Å². The first-order valence-electron chi connectivity index (χ1n) is 12.2. The number of allylic oxidation sites excluding steroid dienone is 1. The monoisotopic (exact) mass is 598 g/mol. The fourth-order valence-corrected chi connectivity index (χ4v) is 5.82. The van der Waals surface area contributed by atoms with Crippen molar-refractivity contribution in [3.05, 3.63) is 101 Å². The Kier molecular flexibility index (Phi) is 7.89. The van der Waals surface area contributed by atoms with Gasteiger partial charge < -0.3 is 18.6 Å². The van der Waals surface area contributed by atoms with Gasteiger partial charge in [-0.15, -0.1) is 0 Å². The topological polar surface area (TPSA) is 92.3 Å². The molecule has 11 heteroatoms. The Labute approximate surface area is 243 Å². The maximum absolute atomic E-state index is 13.8. The van der Waals surface area contributed by atoms with Crippen molar-refractivity contribution in [1.82, 2.24) is 4.57 Å². The lowest BCUT2D eigenvalue weighted by atomic mass is 9.95. The summed E-state index contributed by atoms with van der Waals surface area (Å²) in [5, 5.41) is 0.855. The van der Waals surface area contributed by atoms with Crippen LogP contribution in [0.5, 0.6) is 11.5 Å². The molecule has 0 aliphatic carbocycles. The van der Waals surface area contributed by atoms with E-state index < -0.39 is 12.0 Å². The molecular formula is C29H24Cl2N2O6S. The van der Waals surface area contributed by atoms with Crippen LogP contribution in [0, 0.1) is 0 Å². The lowest BCUT2D eigenvalue weighted by molar-refractivity contribution is -0.139. The Morgan fingerprint density at radius 2 is 1.85 bits per heavy atom. The smallest absolute Gasteiger partial charge is 0.338 e. The Morgan fingerprint density at radius 3 is 2.55 bits per heavy atom. The van der Waals surface area contributed by atoms with Crippen LogP contribution < -0.4 is 24.4 Å². The molecule has 0 bridgehead atoms. The summed E-state index contributed by atoms with van der Waals surface area (Å²) in [6.07, 6.45) is 1.65. The number of methoxy groups -OCH3 is 2. The number of rotatable bonds is 7. The number of carbonyl (C=O) groups is 1. The normalized spacial score (nSPS) is 15.1. The van der Waals surface area contributed by atoms with E-state index >= 15 is 0 Å². The van der Waals surface area contributed by atoms with E-state index in [4.69, 9.17) is 41.8 Å². The fourth-order valence-electron chi connectivity index (χ4n) is 4.49. The predicted octanol–water partition coefficient (Wildman–Crippen LogP) is 5.38. The van der Waals surface area contributed by atoms with E-state index in [0.717, 1.165) is 5.56 Å². The van der Waals surface area contributed by atoms with Crippen LogP contribution in [0.1, 0.15) is 31.2 Å². The number of furan rings is 1. The zero-order valence-electron chi connectivity index (χ0n) is 22.0. The molecule has 3 heterocycles. The molecule has 0 fully saturated rings. The fraction of sp³-hybridized carbons (Fsp3) is 0.207. The van der Waals surface area contributed by atoms with Crippen molar-refractivity contribution in [2.45, 2.75) is 19.9 Å². The maximum Gasteiger partial charge on any atom is 0.338 e. The lowest BCUT2D eigenvalue weighted by Gasteiger charge is -2.25. The number of nitrogens with zero attached hydrogens (tertiary/aromatic N) is 2. The highest BCUT2D eigenvalue weighted by atomic mass is 35.5. The standard InChI is InChI=1S/C29H24Cl2N2O6S/c1-5-38-28(35)25-15(2)32-29-33(26(25)17-7-10-22(36-3)23(13-17)37-4)27(34)24(40-29)14-18-8-11-21(39-18)16-6-9-19(30)20(31)12-16/h6-14,26H,5H2,1-4H3/b24-14+. The minimum atomic E-state index is -0.791. The molecule has 2 aromatic heterocycles. The molecule has 206 valence electrons. The van der Waals surface area contributed by atoms with Gasteiger partial charge in [0.25, 0.3) is 5.56 Å². The number of ether oxygens (including phenoxy) is 3. The van der Waals surface area contributed by atoms with Crippen molar-refractivity contribution < 1.29 is 23.4 Å². The second-order valence-electron chi connectivity index (χ2n) is 8.75. The van der Waals surface area contributed by atoms with Crippen molar-refractivity contribution in [3.63, 3.8) is 0 Å². The van der Waals surface area contributed by atoms with E-state index in [2.05, 4.69) is 4.99 Å². The Hall–Kier alpha value is -3.79. The van der Waals surface area contributed by atoms with E-state index in [1.165, 1.54) is 30.1 Å². The summed E-state index contributed by atoms with van der Waals surface area (Å²) >= 11 is 13.4. The summed E-state index contributed by atoms with van der Waals surface area (Å²) in [5.41, 5.74) is 1.80. The van der Waals surface area contributed by atoms with Gasteiger partial charge in [0.1, 0.15) is 11.5 Å². The van der Waals surface area contributed by atoms with Crippen molar-refractivity contribution in [2.75, 3.05) is 20.8 Å². The highest BCUT2D eigenvalue weighted by Crippen LogP contribution is 2.36. The summed E-state index contributed by atoms with van der Waals surface area (Å²) in [7, 11) is 3.06. The third kappa shape index (κ3) is 5.08. The zero-order valence-corrected chi connectivity index (χ0v) is 24.3. The number of fused-ring (bicyclic) bond motifs is 1. The molecule has 5 rings (SSSR count). The van der Waals surface area contributed by atoms with E-state index in [9.17, 15) is 9.59 Å². The van der Waals surface area contributed by atoms with Crippen LogP contribution in [0.15, 0.2) is 74.0 Å². The maximum atomic E-state index is 13.8. The number of aromatic nitrogens is 1. The van der Waals surface area contributed by atoms with Crippen molar-refractivity contribution in [3.8, 4) is 22.8 Å². The Morgan fingerprint density at radius 1 is 1.07 bits per heavy atom. The molecule has 1 aliphatic heterocycles. The molecule has 0 N–H and O–H groups in total. The van der Waals surface area contributed by atoms with Crippen LogP contribution in [0.4, 0.5) is 0 Å². The number of benzene rings is 2. The van der Waals surface area contributed by atoms with Gasteiger partial charge in [-0.2, -0.15) is 0 Å². The third-order valence-electron chi connectivity index (χ3n) is 6.34. The molecule has 1 aliphatic rings. The zero-order chi connectivity index (χ0) is 28.6. The second-order valence-corrected chi connectivity index (χ2v) is 10.6. The summed E-state index contributed by atoms with van der Waals surface area (Å²) in [4.78, 5) is 32.0. The summed E-state index contributed by atoms with van der Waals surface area (Å²) in [6, 6.07) is 13.2. The molecule has 8 nitrogen and oxygen atoms in total. The number of hydrogen-bond acceptors (Lipinski definition) is 8. The van der Waals surface area contributed by atoms with Gasteiger partial charge >= 0.3 is 5.97 Å².